The molecule has 0 amide bonds. The average Bonchev–Trinajstić information content (AvgIpc) is 2.78. The highest BCUT2D eigenvalue weighted by atomic mass is 16.5. The summed E-state index contributed by atoms with van der Waals surface area (Å²) in [6.07, 6.45) is 2.26. The molecule has 0 aliphatic carbocycles. The van der Waals surface area contributed by atoms with Crippen LogP contribution in [0.2, 0.25) is 0 Å². The van der Waals surface area contributed by atoms with Crippen molar-refractivity contribution in [2.24, 2.45) is 5.73 Å². The molecule has 1 fully saturated rings. The molecule has 1 saturated heterocycles. The lowest BCUT2D eigenvalue weighted by Gasteiger charge is -2.20. The smallest absolute Gasteiger partial charge is 0.121 e. The number of nitrogens with two attached hydrogens (primary N) is 1. The molecule has 1 aliphatic heterocycles. The fourth-order valence-electron chi connectivity index (χ4n) is 2.78. The second-order valence-electron chi connectivity index (χ2n) is 4.76. The maximum atomic E-state index is 5.66. The van der Waals surface area contributed by atoms with Crippen molar-refractivity contribution < 1.29 is 4.74 Å². The molecule has 1 aliphatic rings. The Kier molecular flexibility index (Phi) is 4.02. The normalized spacial score (nSPS) is 23.9. The summed E-state index contributed by atoms with van der Waals surface area (Å²) in [6, 6.07) is 7.04. The number of rotatable bonds is 4. The van der Waals surface area contributed by atoms with Gasteiger partial charge in [-0.1, -0.05) is 12.1 Å². The Labute approximate surface area is 103 Å². The van der Waals surface area contributed by atoms with Gasteiger partial charge in [-0.25, -0.2) is 0 Å². The van der Waals surface area contributed by atoms with Gasteiger partial charge in [-0.3, -0.25) is 0 Å². The van der Waals surface area contributed by atoms with Gasteiger partial charge in [0.25, 0.3) is 0 Å². The largest absolute Gasteiger partial charge is 0.496 e. The van der Waals surface area contributed by atoms with E-state index in [9.17, 15) is 0 Å². The van der Waals surface area contributed by atoms with Gasteiger partial charge in [-0.05, 0) is 50.0 Å². The fourth-order valence-corrected chi connectivity index (χ4v) is 2.78. The second kappa shape index (κ2) is 5.52. The van der Waals surface area contributed by atoms with Gasteiger partial charge in [-0.15, -0.1) is 0 Å². The quantitative estimate of drug-likeness (QED) is 0.835. The first-order chi connectivity index (χ1) is 8.26. The second-order valence-corrected chi connectivity index (χ2v) is 4.76. The molecule has 2 unspecified atom stereocenters. The molecule has 0 radical (unpaired) electrons. The van der Waals surface area contributed by atoms with Crippen molar-refractivity contribution >= 4 is 0 Å². The van der Waals surface area contributed by atoms with Gasteiger partial charge in [0.2, 0.25) is 0 Å². The molecule has 17 heavy (non-hydrogen) atoms. The number of aryl methyl sites for hydroxylation is 1. The van der Waals surface area contributed by atoms with Crippen LogP contribution in [0.15, 0.2) is 18.2 Å². The highest BCUT2D eigenvalue weighted by Crippen LogP contribution is 2.31. The van der Waals surface area contributed by atoms with Crippen LogP contribution < -0.4 is 15.8 Å². The van der Waals surface area contributed by atoms with Crippen LogP contribution in [0.4, 0.5) is 0 Å². The molecular weight excluding hydrogens is 212 g/mol. The van der Waals surface area contributed by atoms with Crippen LogP contribution in [0.3, 0.4) is 0 Å². The molecule has 2 rings (SSSR count). The average molecular weight is 234 g/mol. The third-order valence-electron chi connectivity index (χ3n) is 3.67. The summed E-state index contributed by atoms with van der Waals surface area (Å²) in [4.78, 5) is 0. The number of hydrogen-bond donors (Lipinski definition) is 2. The van der Waals surface area contributed by atoms with Crippen LogP contribution in [0, 0.1) is 6.92 Å². The van der Waals surface area contributed by atoms with Crippen LogP contribution in [0.25, 0.3) is 0 Å². The van der Waals surface area contributed by atoms with E-state index in [-0.39, 0.29) is 0 Å². The minimum Gasteiger partial charge on any atom is -0.496 e. The Bertz CT molecular complexity index is 378. The fraction of sp³-hybridized carbons (Fsp3) is 0.571. The van der Waals surface area contributed by atoms with E-state index in [0.717, 1.165) is 25.3 Å². The molecule has 3 heteroatoms. The van der Waals surface area contributed by atoms with Crippen molar-refractivity contribution in [3.63, 3.8) is 0 Å². The van der Waals surface area contributed by atoms with Crippen LogP contribution in [0.5, 0.6) is 5.75 Å². The summed E-state index contributed by atoms with van der Waals surface area (Å²) in [5.74, 6) is 1.57. The van der Waals surface area contributed by atoms with Crippen molar-refractivity contribution in [1.29, 1.82) is 0 Å². The Hall–Kier alpha value is -1.06. The molecule has 1 aromatic rings. The van der Waals surface area contributed by atoms with E-state index in [0.29, 0.717) is 12.0 Å². The van der Waals surface area contributed by atoms with E-state index in [2.05, 4.69) is 30.4 Å². The van der Waals surface area contributed by atoms with E-state index in [1.54, 1.807) is 7.11 Å². The molecule has 2 atom stereocenters. The topological polar surface area (TPSA) is 47.3 Å². The third-order valence-corrected chi connectivity index (χ3v) is 3.67. The Balaban J connectivity index is 2.18. The number of nitrogens with one attached hydrogen (secondary N) is 1. The molecule has 3 N–H and O–H groups in total. The molecule has 0 aromatic heterocycles. The van der Waals surface area contributed by atoms with Crippen LogP contribution in [-0.4, -0.2) is 26.2 Å². The highest BCUT2D eigenvalue weighted by molar-refractivity contribution is 5.38. The highest BCUT2D eigenvalue weighted by Gasteiger charge is 2.27. The zero-order chi connectivity index (χ0) is 12.3. The van der Waals surface area contributed by atoms with Gasteiger partial charge in [0.1, 0.15) is 5.75 Å². The lowest BCUT2D eigenvalue weighted by molar-refractivity contribution is 0.411. The van der Waals surface area contributed by atoms with Gasteiger partial charge in [0.15, 0.2) is 0 Å². The number of benzene rings is 1. The molecule has 3 nitrogen and oxygen atoms in total. The minimum atomic E-state index is 0.535. The van der Waals surface area contributed by atoms with Gasteiger partial charge < -0.3 is 15.8 Å². The molecule has 94 valence electrons. The van der Waals surface area contributed by atoms with E-state index in [1.807, 2.05) is 0 Å². The molecule has 0 bridgehead atoms. The van der Waals surface area contributed by atoms with Crippen molar-refractivity contribution in [3.8, 4) is 5.75 Å². The van der Waals surface area contributed by atoms with Crippen LogP contribution in [-0.2, 0) is 0 Å². The zero-order valence-electron chi connectivity index (χ0n) is 10.7. The van der Waals surface area contributed by atoms with Gasteiger partial charge in [0, 0.05) is 12.0 Å². The maximum absolute atomic E-state index is 5.66. The molecule has 1 aromatic carbocycles. The van der Waals surface area contributed by atoms with Crippen LogP contribution >= 0.6 is 0 Å². The van der Waals surface area contributed by atoms with Crippen molar-refractivity contribution in [2.45, 2.75) is 31.7 Å². The van der Waals surface area contributed by atoms with E-state index < -0.39 is 0 Å². The molecule has 1 heterocycles. The summed E-state index contributed by atoms with van der Waals surface area (Å²) in [7, 11) is 1.72. The Morgan fingerprint density at radius 3 is 2.94 bits per heavy atom. The predicted molar refractivity (Wildman–Crippen MR) is 70.6 cm³/mol. The van der Waals surface area contributed by atoms with Crippen molar-refractivity contribution in [2.75, 3.05) is 20.2 Å². The van der Waals surface area contributed by atoms with Gasteiger partial charge in [-0.2, -0.15) is 0 Å². The Morgan fingerprint density at radius 2 is 2.29 bits per heavy atom. The lowest BCUT2D eigenvalue weighted by Crippen LogP contribution is -2.28. The van der Waals surface area contributed by atoms with Crippen molar-refractivity contribution in [3.05, 3.63) is 29.3 Å². The molecular formula is C14H22N2O. The minimum absolute atomic E-state index is 0.535. The van der Waals surface area contributed by atoms with Crippen LogP contribution in [0.1, 0.15) is 29.9 Å². The summed E-state index contributed by atoms with van der Waals surface area (Å²) in [6.45, 7) is 3.95. The monoisotopic (exact) mass is 234 g/mol. The van der Waals surface area contributed by atoms with E-state index in [4.69, 9.17) is 10.5 Å². The van der Waals surface area contributed by atoms with Gasteiger partial charge in [0.05, 0.1) is 7.11 Å². The first-order valence-electron chi connectivity index (χ1n) is 6.34. The number of ether oxygens (including phenoxy) is 1. The lowest BCUT2D eigenvalue weighted by atomic mass is 9.89. The van der Waals surface area contributed by atoms with E-state index in [1.165, 1.54) is 17.5 Å². The number of hydrogen-bond acceptors (Lipinski definition) is 3. The first-order valence-corrected chi connectivity index (χ1v) is 6.34. The van der Waals surface area contributed by atoms with Gasteiger partial charge >= 0.3 is 0 Å². The maximum Gasteiger partial charge on any atom is 0.121 e. The molecule has 0 spiro atoms. The first kappa shape index (κ1) is 12.4. The van der Waals surface area contributed by atoms with E-state index >= 15 is 0 Å². The predicted octanol–water partition coefficient (Wildman–Crippen LogP) is 1.80. The summed E-state index contributed by atoms with van der Waals surface area (Å²) in [5.41, 5.74) is 8.28. The Morgan fingerprint density at radius 1 is 1.47 bits per heavy atom. The summed E-state index contributed by atoms with van der Waals surface area (Å²) >= 11 is 0. The van der Waals surface area contributed by atoms with Crippen molar-refractivity contribution in [1.82, 2.24) is 5.32 Å². The standard InChI is InChI=1S/C14H22N2O/c1-10-9-11(3-4-14(10)17-2)12-6-8-16-13(12)5-7-15/h3-4,9,12-13,16H,5-8,15H2,1-2H3. The third kappa shape index (κ3) is 2.61. The summed E-state index contributed by atoms with van der Waals surface area (Å²) in [5, 5.41) is 3.54. The molecule has 0 saturated carbocycles. The number of methoxy groups -OCH3 is 1. The summed E-state index contributed by atoms with van der Waals surface area (Å²) < 4.78 is 5.30. The zero-order valence-corrected chi connectivity index (χ0v) is 10.7. The SMILES string of the molecule is COc1ccc(C2CCNC2CCN)cc1C.